The van der Waals surface area contributed by atoms with E-state index in [0.717, 1.165) is 24.0 Å². The minimum absolute atomic E-state index is 0.185. The van der Waals surface area contributed by atoms with Crippen molar-refractivity contribution in [2.75, 3.05) is 5.75 Å². The van der Waals surface area contributed by atoms with Crippen LogP contribution in [-0.4, -0.2) is 27.6 Å². The molecule has 0 aliphatic heterocycles. The molecule has 1 aromatic heterocycles. The second-order valence-electron chi connectivity index (χ2n) is 5.84. The van der Waals surface area contributed by atoms with E-state index in [-0.39, 0.29) is 5.91 Å². The van der Waals surface area contributed by atoms with E-state index in [0.29, 0.717) is 34.1 Å². The molecule has 3 nitrogen and oxygen atoms in total. The third-order valence-electron chi connectivity index (χ3n) is 3.91. The normalized spacial score (nSPS) is 13.8. The van der Waals surface area contributed by atoms with Gasteiger partial charge in [0, 0.05) is 40.8 Å². The van der Waals surface area contributed by atoms with Gasteiger partial charge in [-0.1, -0.05) is 29.3 Å². The molecule has 0 spiro atoms. The second kappa shape index (κ2) is 8.24. The zero-order valence-corrected chi connectivity index (χ0v) is 15.4. The van der Waals surface area contributed by atoms with Crippen LogP contribution >= 0.6 is 35.0 Å². The van der Waals surface area contributed by atoms with E-state index in [1.165, 1.54) is 0 Å². The molecule has 1 aliphatic rings. The fourth-order valence-electron chi connectivity index (χ4n) is 2.46. The van der Waals surface area contributed by atoms with Gasteiger partial charge in [0.1, 0.15) is 0 Å². The van der Waals surface area contributed by atoms with Gasteiger partial charge in [-0.25, -0.2) is 0 Å². The van der Waals surface area contributed by atoms with E-state index in [2.05, 4.69) is 4.98 Å². The summed E-state index contributed by atoms with van der Waals surface area (Å²) in [5, 5.41) is 1.28. The van der Waals surface area contributed by atoms with Crippen molar-refractivity contribution in [3.05, 3.63) is 63.9 Å². The molecule has 0 bridgehead atoms. The van der Waals surface area contributed by atoms with Gasteiger partial charge in [0.15, 0.2) is 0 Å². The number of rotatable bonds is 7. The highest BCUT2D eigenvalue weighted by Crippen LogP contribution is 2.30. The number of hydrogen-bond acceptors (Lipinski definition) is 3. The Kier molecular flexibility index (Phi) is 6.04. The molecule has 2 aromatic rings. The summed E-state index contributed by atoms with van der Waals surface area (Å²) in [7, 11) is 0. The van der Waals surface area contributed by atoms with Crippen LogP contribution in [0.3, 0.4) is 0 Å². The number of nitrogens with zero attached hydrogens (tertiary/aromatic N) is 2. The first-order valence-electron chi connectivity index (χ1n) is 7.83. The van der Waals surface area contributed by atoms with E-state index >= 15 is 0 Å². The maximum Gasteiger partial charge on any atom is 0.233 e. The van der Waals surface area contributed by atoms with Crippen LogP contribution in [0, 0.1) is 0 Å². The second-order valence-corrected chi connectivity index (χ2v) is 7.67. The Bertz CT molecular complexity index is 707. The summed E-state index contributed by atoms with van der Waals surface area (Å²) in [5.41, 5.74) is 2.13. The lowest BCUT2D eigenvalue weighted by molar-refractivity contribution is -0.129. The number of halogens is 2. The van der Waals surface area contributed by atoms with Crippen molar-refractivity contribution in [2.45, 2.75) is 31.2 Å². The number of carbonyl (C=O) groups excluding carboxylic acids is 1. The first kappa shape index (κ1) is 17.6. The lowest BCUT2D eigenvalue weighted by Gasteiger charge is -2.22. The number of thioether (sulfide) groups is 1. The Morgan fingerprint density at radius 1 is 1.21 bits per heavy atom. The molecule has 1 amide bonds. The topological polar surface area (TPSA) is 33.2 Å². The summed E-state index contributed by atoms with van der Waals surface area (Å²) in [6, 6.07) is 9.79. The lowest BCUT2D eigenvalue weighted by atomic mass is 10.2. The summed E-state index contributed by atoms with van der Waals surface area (Å²) < 4.78 is 0. The number of hydrogen-bond donors (Lipinski definition) is 0. The maximum atomic E-state index is 12.6. The van der Waals surface area contributed by atoms with Gasteiger partial charge in [0.25, 0.3) is 0 Å². The highest BCUT2D eigenvalue weighted by Gasteiger charge is 2.32. The van der Waals surface area contributed by atoms with Crippen molar-refractivity contribution in [1.29, 1.82) is 0 Å². The number of amides is 1. The third kappa shape index (κ3) is 4.88. The number of pyridine rings is 1. The summed E-state index contributed by atoms with van der Waals surface area (Å²) in [6.07, 6.45) is 5.74. The zero-order valence-electron chi connectivity index (χ0n) is 13.1. The molecular formula is C18H18Cl2N2OS. The van der Waals surface area contributed by atoms with Gasteiger partial charge < -0.3 is 4.90 Å². The molecule has 1 aliphatic carbocycles. The van der Waals surface area contributed by atoms with Crippen molar-refractivity contribution in [2.24, 2.45) is 0 Å². The smallest absolute Gasteiger partial charge is 0.233 e. The van der Waals surface area contributed by atoms with Crippen LogP contribution < -0.4 is 0 Å². The Hall–Kier alpha value is -1.23. The van der Waals surface area contributed by atoms with E-state index in [4.69, 9.17) is 23.2 Å². The quantitative estimate of drug-likeness (QED) is 0.690. The molecule has 1 heterocycles. The largest absolute Gasteiger partial charge is 0.335 e. The van der Waals surface area contributed by atoms with Crippen molar-refractivity contribution in [3.63, 3.8) is 0 Å². The molecule has 126 valence electrons. The zero-order chi connectivity index (χ0) is 16.9. The summed E-state index contributed by atoms with van der Waals surface area (Å²) in [4.78, 5) is 18.6. The maximum absolute atomic E-state index is 12.6. The molecule has 1 saturated carbocycles. The monoisotopic (exact) mass is 380 g/mol. The SMILES string of the molecule is O=C(CSCc1ccc(Cl)cc1Cl)N(Cc1ccncc1)C1CC1. The predicted molar refractivity (Wildman–Crippen MR) is 100 cm³/mol. The average Bonchev–Trinajstić information content (AvgIpc) is 3.40. The van der Waals surface area contributed by atoms with Crippen LogP contribution in [0.25, 0.3) is 0 Å². The highest BCUT2D eigenvalue weighted by molar-refractivity contribution is 7.99. The molecule has 1 fully saturated rings. The Morgan fingerprint density at radius 3 is 2.62 bits per heavy atom. The summed E-state index contributed by atoms with van der Waals surface area (Å²) in [5.74, 6) is 1.35. The van der Waals surface area contributed by atoms with Crippen LogP contribution in [0.1, 0.15) is 24.0 Å². The van der Waals surface area contributed by atoms with Gasteiger partial charge in [-0.05, 0) is 48.2 Å². The van der Waals surface area contributed by atoms with Crippen molar-refractivity contribution < 1.29 is 4.79 Å². The number of benzene rings is 1. The molecule has 3 rings (SSSR count). The van der Waals surface area contributed by atoms with E-state index in [1.54, 1.807) is 30.2 Å². The van der Waals surface area contributed by atoms with Crippen LogP contribution in [0.2, 0.25) is 10.0 Å². The fraction of sp³-hybridized carbons (Fsp3) is 0.333. The van der Waals surface area contributed by atoms with Crippen LogP contribution in [0.15, 0.2) is 42.7 Å². The molecule has 0 atom stereocenters. The molecule has 6 heteroatoms. The molecular weight excluding hydrogens is 363 g/mol. The predicted octanol–water partition coefficient (Wildman–Crippen LogP) is 4.81. The van der Waals surface area contributed by atoms with Gasteiger partial charge >= 0.3 is 0 Å². The first-order valence-corrected chi connectivity index (χ1v) is 9.74. The van der Waals surface area contributed by atoms with Gasteiger partial charge in [-0.2, -0.15) is 0 Å². The van der Waals surface area contributed by atoms with Crippen molar-refractivity contribution in [3.8, 4) is 0 Å². The van der Waals surface area contributed by atoms with Crippen molar-refractivity contribution >= 4 is 40.9 Å². The van der Waals surface area contributed by atoms with E-state index < -0.39 is 0 Å². The van der Waals surface area contributed by atoms with Crippen LogP contribution in [0.5, 0.6) is 0 Å². The van der Waals surface area contributed by atoms with Crippen LogP contribution in [0.4, 0.5) is 0 Å². The lowest BCUT2D eigenvalue weighted by Crippen LogP contribution is -2.34. The van der Waals surface area contributed by atoms with Crippen LogP contribution in [-0.2, 0) is 17.1 Å². The molecule has 0 N–H and O–H groups in total. The molecule has 0 unspecified atom stereocenters. The van der Waals surface area contributed by atoms with Crippen molar-refractivity contribution in [1.82, 2.24) is 9.88 Å². The molecule has 1 aromatic carbocycles. The van der Waals surface area contributed by atoms with E-state index in [1.807, 2.05) is 29.2 Å². The minimum atomic E-state index is 0.185. The van der Waals surface area contributed by atoms with Gasteiger partial charge in [-0.3, -0.25) is 9.78 Å². The van der Waals surface area contributed by atoms with Gasteiger partial charge in [0.05, 0.1) is 5.75 Å². The molecule has 0 radical (unpaired) electrons. The Labute approximate surface area is 156 Å². The third-order valence-corrected chi connectivity index (χ3v) is 5.46. The minimum Gasteiger partial charge on any atom is -0.335 e. The Balaban J connectivity index is 1.54. The fourth-order valence-corrected chi connectivity index (χ4v) is 3.93. The van der Waals surface area contributed by atoms with Gasteiger partial charge in [-0.15, -0.1) is 11.8 Å². The summed E-state index contributed by atoms with van der Waals surface area (Å²) >= 11 is 13.7. The highest BCUT2D eigenvalue weighted by atomic mass is 35.5. The standard InChI is InChI=1S/C18H18Cl2N2OS/c19-15-2-1-14(17(20)9-15)11-24-12-18(23)22(16-3-4-16)10-13-5-7-21-8-6-13/h1-2,5-9,16H,3-4,10-12H2. The number of aromatic nitrogens is 1. The van der Waals surface area contributed by atoms with E-state index in [9.17, 15) is 4.79 Å². The number of carbonyl (C=O) groups is 1. The summed E-state index contributed by atoms with van der Waals surface area (Å²) in [6.45, 7) is 0.661. The molecule has 24 heavy (non-hydrogen) atoms. The first-order chi connectivity index (χ1) is 11.6. The Morgan fingerprint density at radius 2 is 1.96 bits per heavy atom. The molecule has 0 saturated heterocycles. The van der Waals surface area contributed by atoms with Gasteiger partial charge in [0.2, 0.25) is 5.91 Å². The average molecular weight is 381 g/mol.